The van der Waals surface area contributed by atoms with Crippen molar-refractivity contribution in [3.05, 3.63) is 23.0 Å². The van der Waals surface area contributed by atoms with Gasteiger partial charge in [-0.25, -0.2) is 4.79 Å². The van der Waals surface area contributed by atoms with Crippen LogP contribution in [-0.4, -0.2) is 27.6 Å². The summed E-state index contributed by atoms with van der Waals surface area (Å²) in [6.07, 6.45) is 4.90. The molecule has 1 aliphatic carbocycles. The molecule has 5 nitrogen and oxygen atoms in total. The van der Waals surface area contributed by atoms with Crippen molar-refractivity contribution in [2.75, 3.05) is 0 Å². The van der Waals surface area contributed by atoms with Crippen LogP contribution in [0.2, 0.25) is 5.02 Å². The normalized spacial score (nSPS) is 16.1. The van der Waals surface area contributed by atoms with Crippen molar-refractivity contribution in [3.8, 4) is 0 Å². The van der Waals surface area contributed by atoms with Crippen molar-refractivity contribution in [1.82, 2.24) is 9.88 Å². The molecule has 0 saturated heterocycles. The number of carbonyl (C=O) groups is 2. The number of carbonyl (C=O) groups excluding carboxylic acids is 1. The van der Waals surface area contributed by atoms with Gasteiger partial charge in [-0.1, -0.05) is 24.9 Å². The number of aliphatic carboxylic acids is 1. The lowest BCUT2D eigenvalue weighted by molar-refractivity contribution is -0.139. The van der Waals surface area contributed by atoms with E-state index in [-0.39, 0.29) is 5.91 Å². The molecule has 1 aromatic rings. The van der Waals surface area contributed by atoms with E-state index in [0.29, 0.717) is 29.6 Å². The minimum atomic E-state index is -1.01. The van der Waals surface area contributed by atoms with Gasteiger partial charge in [-0.05, 0) is 25.3 Å². The fourth-order valence-electron chi connectivity index (χ4n) is 2.06. The maximum atomic E-state index is 12.1. The Hall–Kier alpha value is -1.49. The Labute approximate surface area is 116 Å². The number of carboxylic acids is 1. The van der Waals surface area contributed by atoms with Gasteiger partial charge in [0.25, 0.3) is 5.91 Å². The molecule has 1 amide bonds. The van der Waals surface area contributed by atoms with Gasteiger partial charge in [-0.3, -0.25) is 4.79 Å². The quantitative estimate of drug-likeness (QED) is 0.843. The standard InChI is InChI=1S/C13H17ClN2O3/c1-2-3-10(13(18)19)15-12(17)11-6-8(14)7-16(11)9-4-5-9/h6-7,9-10H,2-5H2,1H3,(H,15,17)(H,18,19)/t10-/m1/s1. The summed E-state index contributed by atoms with van der Waals surface area (Å²) in [7, 11) is 0. The monoisotopic (exact) mass is 284 g/mol. The predicted molar refractivity (Wildman–Crippen MR) is 71.5 cm³/mol. The molecule has 0 bridgehead atoms. The molecule has 1 fully saturated rings. The number of hydrogen-bond donors (Lipinski definition) is 2. The highest BCUT2D eigenvalue weighted by molar-refractivity contribution is 6.31. The van der Waals surface area contributed by atoms with Gasteiger partial charge in [0.2, 0.25) is 0 Å². The first-order chi connectivity index (χ1) is 9.02. The van der Waals surface area contributed by atoms with E-state index in [1.807, 2.05) is 11.5 Å². The molecule has 104 valence electrons. The molecular formula is C13H17ClN2O3. The van der Waals surface area contributed by atoms with Crippen molar-refractivity contribution in [2.45, 2.75) is 44.7 Å². The number of aromatic nitrogens is 1. The van der Waals surface area contributed by atoms with Gasteiger partial charge in [0.1, 0.15) is 11.7 Å². The van der Waals surface area contributed by atoms with Crippen LogP contribution in [0.3, 0.4) is 0 Å². The molecule has 2 rings (SSSR count). The van der Waals surface area contributed by atoms with Gasteiger partial charge in [0, 0.05) is 12.2 Å². The summed E-state index contributed by atoms with van der Waals surface area (Å²) >= 11 is 5.92. The lowest BCUT2D eigenvalue weighted by atomic mass is 10.1. The molecule has 19 heavy (non-hydrogen) atoms. The zero-order chi connectivity index (χ0) is 14.0. The van der Waals surface area contributed by atoms with Gasteiger partial charge in [0.15, 0.2) is 0 Å². The number of halogens is 1. The van der Waals surface area contributed by atoms with Crippen LogP contribution in [0.25, 0.3) is 0 Å². The lowest BCUT2D eigenvalue weighted by Crippen LogP contribution is -2.41. The van der Waals surface area contributed by atoms with E-state index in [1.165, 1.54) is 0 Å². The zero-order valence-electron chi connectivity index (χ0n) is 10.7. The third-order valence-electron chi connectivity index (χ3n) is 3.17. The van der Waals surface area contributed by atoms with Crippen molar-refractivity contribution < 1.29 is 14.7 Å². The third-order valence-corrected chi connectivity index (χ3v) is 3.38. The van der Waals surface area contributed by atoms with Crippen molar-refractivity contribution in [1.29, 1.82) is 0 Å². The summed E-state index contributed by atoms with van der Waals surface area (Å²) in [4.78, 5) is 23.2. The highest BCUT2D eigenvalue weighted by Crippen LogP contribution is 2.37. The SMILES string of the molecule is CCC[C@@H](NC(=O)c1cc(Cl)cn1C1CC1)C(=O)O. The Bertz CT molecular complexity index is 494. The van der Waals surface area contributed by atoms with Gasteiger partial charge in [-0.2, -0.15) is 0 Å². The molecule has 1 heterocycles. The van der Waals surface area contributed by atoms with E-state index < -0.39 is 12.0 Å². The predicted octanol–water partition coefficient (Wildman–Crippen LogP) is 2.46. The van der Waals surface area contributed by atoms with E-state index in [4.69, 9.17) is 16.7 Å². The molecule has 0 radical (unpaired) electrons. The first-order valence-electron chi connectivity index (χ1n) is 6.44. The Morgan fingerprint density at radius 1 is 1.58 bits per heavy atom. The molecular weight excluding hydrogens is 268 g/mol. The molecule has 1 atom stereocenters. The molecule has 0 aromatic carbocycles. The molecule has 1 aliphatic rings. The number of nitrogens with zero attached hydrogens (tertiary/aromatic N) is 1. The van der Waals surface area contributed by atoms with Gasteiger partial charge < -0.3 is 15.0 Å². The van der Waals surface area contributed by atoms with Gasteiger partial charge >= 0.3 is 5.97 Å². The average molecular weight is 285 g/mol. The maximum Gasteiger partial charge on any atom is 0.326 e. The molecule has 1 aromatic heterocycles. The van der Waals surface area contributed by atoms with E-state index in [2.05, 4.69) is 5.32 Å². The molecule has 0 spiro atoms. The fourth-order valence-corrected chi connectivity index (χ4v) is 2.27. The third kappa shape index (κ3) is 3.29. The second-order valence-electron chi connectivity index (χ2n) is 4.83. The van der Waals surface area contributed by atoms with Crippen LogP contribution in [0.1, 0.15) is 49.1 Å². The minimum Gasteiger partial charge on any atom is -0.480 e. The largest absolute Gasteiger partial charge is 0.480 e. The van der Waals surface area contributed by atoms with Crippen molar-refractivity contribution in [2.24, 2.45) is 0 Å². The number of amides is 1. The molecule has 1 saturated carbocycles. The summed E-state index contributed by atoms with van der Waals surface area (Å²) in [6.45, 7) is 1.88. The van der Waals surface area contributed by atoms with Crippen LogP contribution in [0.5, 0.6) is 0 Å². The van der Waals surface area contributed by atoms with E-state index in [9.17, 15) is 9.59 Å². The van der Waals surface area contributed by atoms with Crippen LogP contribution in [0.4, 0.5) is 0 Å². The molecule has 6 heteroatoms. The highest BCUT2D eigenvalue weighted by atomic mass is 35.5. The maximum absolute atomic E-state index is 12.1. The Morgan fingerprint density at radius 2 is 2.26 bits per heavy atom. The van der Waals surface area contributed by atoms with Gasteiger partial charge in [0.05, 0.1) is 5.02 Å². The molecule has 0 aliphatic heterocycles. The smallest absolute Gasteiger partial charge is 0.326 e. The zero-order valence-corrected chi connectivity index (χ0v) is 11.5. The molecule has 0 unspecified atom stereocenters. The van der Waals surface area contributed by atoms with Gasteiger partial charge in [-0.15, -0.1) is 0 Å². The van der Waals surface area contributed by atoms with Crippen LogP contribution in [0.15, 0.2) is 12.3 Å². The Kier molecular flexibility index (Phi) is 4.14. The van der Waals surface area contributed by atoms with E-state index in [1.54, 1.807) is 12.3 Å². The fraction of sp³-hybridized carbons (Fsp3) is 0.538. The average Bonchev–Trinajstić information content (AvgIpc) is 3.11. The van der Waals surface area contributed by atoms with E-state index >= 15 is 0 Å². The van der Waals surface area contributed by atoms with Crippen LogP contribution in [-0.2, 0) is 4.79 Å². The summed E-state index contributed by atoms with van der Waals surface area (Å²) in [5.74, 6) is -1.38. The van der Waals surface area contributed by atoms with Crippen LogP contribution < -0.4 is 5.32 Å². The molecule has 2 N–H and O–H groups in total. The summed E-state index contributed by atoms with van der Waals surface area (Å²) in [5.41, 5.74) is 0.440. The number of carboxylic acid groups (broad SMARTS) is 1. The number of nitrogens with one attached hydrogen (secondary N) is 1. The summed E-state index contributed by atoms with van der Waals surface area (Å²) < 4.78 is 1.84. The Morgan fingerprint density at radius 3 is 2.79 bits per heavy atom. The van der Waals surface area contributed by atoms with Crippen LogP contribution in [0, 0.1) is 0 Å². The highest BCUT2D eigenvalue weighted by Gasteiger charge is 2.29. The van der Waals surface area contributed by atoms with Crippen LogP contribution >= 0.6 is 11.6 Å². The van der Waals surface area contributed by atoms with Crippen molar-refractivity contribution in [3.63, 3.8) is 0 Å². The van der Waals surface area contributed by atoms with Crippen molar-refractivity contribution >= 4 is 23.5 Å². The number of hydrogen-bond acceptors (Lipinski definition) is 2. The second-order valence-corrected chi connectivity index (χ2v) is 5.27. The first-order valence-corrected chi connectivity index (χ1v) is 6.81. The summed E-state index contributed by atoms with van der Waals surface area (Å²) in [5, 5.41) is 12.1. The Balaban J connectivity index is 2.12. The second kappa shape index (κ2) is 5.65. The first kappa shape index (κ1) is 13.9. The summed E-state index contributed by atoms with van der Waals surface area (Å²) in [6, 6.07) is 1.06. The number of rotatable bonds is 6. The van der Waals surface area contributed by atoms with E-state index in [0.717, 1.165) is 12.8 Å². The minimum absolute atomic E-state index is 0.322. The topological polar surface area (TPSA) is 71.3 Å². The lowest BCUT2D eigenvalue weighted by Gasteiger charge is -2.14.